The van der Waals surface area contributed by atoms with Crippen molar-refractivity contribution in [1.82, 2.24) is 4.57 Å². The van der Waals surface area contributed by atoms with Gasteiger partial charge in [0, 0.05) is 12.7 Å². The number of carboxylic acid groups (broad SMARTS) is 1. The normalized spacial score (nSPS) is 10.9. The highest BCUT2D eigenvalue weighted by Gasteiger charge is 2.22. The summed E-state index contributed by atoms with van der Waals surface area (Å²) >= 11 is 0. The molecule has 3 aromatic rings. The first kappa shape index (κ1) is 17.6. The standard InChI is InChI=1S/C19H15F2NO4/c1-3-22-9-13(19(24)25)18(23)12-8-14(20)15(16(21)17(12)22)10-4-6-11(26-2)7-5-10/h4-9H,3H2,1-2H3,(H,24,25). The molecule has 5 nitrogen and oxygen atoms in total. The van der Waals surface area contributed by atoms with Gasteiger partial charge in [0.1, 0.15) is 17.1 Å². The zero-order chi connectivity index (χ0) is 19.0. The maximum absolute atomic E-state index is 15.2. The Bertz CT molecular complexity index is 1070. The Kier molecular flexibility index (Phi) is 4.46. The average molecular weight is 359 g/mol. The number of aromatic nitrogens is 1. The summed E-state index contributed by atoms with van der Waals surface area (Å²) in [7, 11) is 1.48. The van der Waals surface area contributed by atoms with Crippen molar-refractivity contribution >= 4 is 16.9 Å². The van der Waals surface area contributed by atoms with Gasteiger partial charge in [-0.1, -0.05) is 12.1 Å². The predicted molar refractivity (Wildman–Crippen MR) is 92.7 cm³/mol. The fourth-order valence-corrected chi connectivity index (χ4v) is 2.91. The van der Waals surface area contributed by atoms with Crippen LogP contribution in [0.25, 0.3) is 22.0 Å². The molecule has 7 heteroatoms. The molecule has 0 aliphatic carbocycles. The van der Waals surface area contributed by atoms with E-state index in [2.05, 4.69) is 0 Å². The van der Waals surface area contributed by atoms with E-state index < -0.39 is 28.6 Å². The van der Waals surface area contributed by atoms with E-state index in [0.717, 1.165) is 12.3 Å². The largest absolute Gasteiger partial charge is 0.497 e. The fourth-order valence-electron chi connectivity index (χ4n) is 2.91. The van der Waals surface area contributed by atoms with Crippen LogP contribution in [0.3, 0.4) is 0 Å². The molecule has 134 valence electrons. The number of aryl methyl sites for hydroxylation is 1. The Hall–Kier alpha value is -3.22. The summed E-state index contributed by atoms with van der Waals surface area (Å²) in [5.74, 6) is -2.77. The second-order valence-electron chi connectivity index (χ2n) is 5.64. The van der Waals surface area contributed by atoms with Crippen molar-refractivity contribution in [2.24, 2.45) is 0 Å². The maximum atomic E-state index is 15.2. The van der Waals surface area contributed by atoms with Crippen LogP contribution in [0.4, 0.5) is 8.78 Å². The van der Waals surface area contributed by atoms with E-state index >= 15 is 4.39 Å². The van der Waals surface area contributed by atoms with Crippen LogP contribution in [0.2, 0.25) is 0 Å². The molecule has 2 aromatic carbocycles. The summed E-state index contributed by atoms with van der Waals surface area (Å²) in [6.07, 6.45) is 1.08. The minimum absolute atomic E-state index is 0.130. The van der Waals surface area contributed by atoms with E-state index in [1.54, 1.807) is 19.1 Å². The van der Waals surface area contributed by atoms with Crippen LogP contribution < -0.4 is 10.2 Å². The Labute approximate surface area is 147 Å². The van der Waals surface area contributed by atoms with Crippen LogP contribution in [-0.2, 0) is 6.54 Å². The molecule has 0 bridgehead atoms. The first-order chi connectivity index (χ1) is 12.4. The molecule has 0 spiro atoms. The van der Waals surface area contributed by atoms with Gasteiger partial charge >= 0.3 is 5.97 Å². The van der Waals surface area contributed by atoms with Crippen molar-refractivity contribution in [2.45, 2.75) is 13.5 Å². The number of carboxylic acids is 1. The highest BCUT2D eigenvalue weighted by molar-refractivity contribution is 5.94. The highest BCUT2D eigenvalue weighted by Crippen LogP contribution is 2.32. The number of rotatable bonds is 4. The zero-order valence-electron chi connectivity index (χ0n) is 14.0. The number of hydrogen-bond acceptors (Lipinski definition) is 3. The number of ether oxygens (including phenoxy) is 1. The van der Waals surface area contributed by atoms with Crippen LogP contribution in [-0.4, -0.2) is 22.8 Å². The van der Waals surface area contributed by atoms with Crippen molar-refractivity contribution in [2.75, 3.05) is 7.11 Å². The van der Waals surface area contributed by atoms with E-state index in [4.69, 9.17) is 9.84 Å². The molecule has 1 N–H and O–H groups in total. The maximum Gasteiger partial charge on any atom is 0.341 e. The minimum Gasteiger partial charge on any atom is -0.497 e. The molecule has 0 radical (unpaired) electrons. The van der Waals surface area contributed by atoms with Crippen LogP contribution >= 0.6 is 0 Å². The third-order valence-corrected chi connectivity index (χ3v) is 4.20. The second kappa shape index (κ2) is 6.59. The summed E-state index contributed by atoms with van der Waals surface area (Å²) in [6.45, 7) is 1.88. The minimum atomic E-state index is -1.45. The topological polar surface area (TPSA) is 68.5 Å². The molecule has 0 aliphatic heterocycles. The van der Waals surface area contributed by atoms with E-state index in [1.165, 1.54) is 23.8 Å². The summed E-state index contributed by atoms with van der Waals surface area (Å²) < 4.78 is 36.1. The lowest BCUT2D eigenvalue weighted by Gasteiger charge is -2.14. The van der Waals surface area contributed by atoms with Gasteiger partial charge in [-0.3, -0.25) is 4.79 Å². The van der Waals surface area contributed by atoms with Gasteiger partial charge in [-0.15, -0.1) is 0 Å². The Morgan fingerprint density at radius 2 is 1.88 bits per heavy atom. The summed E-state index contributed by atoms with van der Waals surface area (Å²) in [5, 5.41) is 8.85. The quantitative estimate of drug-likeness (QED) is 0.772. The number of aromatic carboxylic acids is 1. The lowest BCUT2D eigenvalue weighted by atomic mass is 10.0. The lowest BCUT2D eigenvalue weighted by molar-refractivity contribution is 0.0695. The third-order valence-electron chi connectivity index (χ3n) is 4.20. The van der Waals surface area contributed by atoms with Crippen LogP contribution in [0.5, 0.6) is 5.75 Å². The van der Waals surface area contributed by atoms with E-state index in [1.807, 2.05) is 0 Å². The van der Waals surface area contributed by atoms with Crippen molar-refractivity contribution in [1.29, 1.82) is 0 Å². The molecule has 0 fully saturated rings. The van der Waals surface area contributed by atoms with Gasteiger partial charge in [0.15, 0.2) is 5.82 Å². The van der Waals surface area contributed by atoms with Gasteiger partial charge in [0.2, 0.25) is 5.43 Å². The number of methoxy groups -OCH3 is 1. The van der Waals surface area contributed by atoms with Crippen LogP contribution in [0.1, 0.15) is 17.3 Å². The van der Waals surface area contributed by atoms with Crippen molar-refractivity contribution in [3.63, 3.8) is 0 Å². The number of benzene rings is 2. The number of carbonyl (C=O) groups is 1. The first-order valence-electron chi connectivity index (χ1n) is 7.81. The van der Waals surface area contributed by atoms with Gasteiger partial charge in [-0.25, -0.2) is 13.6 Å². The lowest BCUT2D eigenvalue weighted by Crippen LogP contribution is -2.20. The highest BCUT2D eigenvalue weighted by atomic mass is 19.1. The molecule has 0 amide bonds. The molecule has 1 heterocycles. The van der Waals surface area contributed by atoms with Crippen LogP contribution in [0, 0.1) is 11.6 Å². The fraction of sp³-hybridized carbons (Fsp3) is 0.158. The van der Waals surface area contributed by atoms with Crippen LogP contribution in [0.15, 0.2) is 41.3 Å². The number of pyridine rings is 1. The summed E-state index contributed by atoms with van der Waals surface area (Å²) in [5.41, 5.74) is -1.59. The molecule has 26 heavy (non-hydrogen) atoms. The number of halogens is 2. The monoisotopic (exact) mass is 359 g/mol. The average Bonchev–Trinajstić information content (AvgIpc) is 2.62. The van der Waals surface area contributed by atoms with Gasteiger partial charge in [0.05, 0.1) is 23.6 Å². The molecule has 3 rings (SSSR count). The van der Waals surface area contributed by atoms with E-state index in [0.29, 0.717) is 5.75 Å². The second-order valence-corrected chi connectivity index (χ2v) is 5.64. The molecule has 1 aromatic heterocycles. The van der Waals surface area contributed by atoms with Crippen molar-refractivity contribution < 1.29 is 23.4 Å². The van der Waals surface area contributed by atoms with Crippen molar-refractivity contribution in [3.05, 3.63) is 63.9 Å². The molecular weight excluding hydrogens is 344 g/mol. The molecule has 0 saturated carbocycles. The zero-order valence-corrected chi connectivity index (χ0v) is 14.0. The Morgan fingerprint density at radius 1 is 1.23 bits per heavy atom. The van der Waals surface area contributed by atoms with Crippen molar-refractivity contribution in [3.8, 4) is 16.9 Å². The Morgan fingerprint density at radius 3 is 2.42 bits per heavy atom. The first-order valence-corrected chi connectivity index (χ1v) is 7.81. The van der Waals surface area contributed by atoms with Gasteiger partial charge in [-0.2, -0.15) is 0 Å². The molecule has 0 atom stereocenters. The molecule has 0 aliphatic rings. The smallest absolute Gasteiger partial charge is 0.341 e. The molecular formula is C19H15F2NO4. The van der Waals surface area contributed by atoms with Gasteiger partial charge in [-0.05, 0) is 30.7 Å². The summed E-state index contributed by atoms with van der Waals surface area (Å²) in [6, 6.07) is 7.04. The number of nitrogens with zero attached hydrogens (tertiary/aromatic N) is 1. The van der Waals surface area contributed by atoms with E-state index in [-0.39, 0.29) is 28.6 Å². The van der Waals surface area contributed by atoms with Gasteiger partial charge in [0.25, 0.3) is 0 Å². The SMILES string of the molecule is CCn1cc(C(=O)O)c(=O)c2cc(F)c(-c3ccc(OC)cc3)c(F)c21. The van der Waals surface area contributed by atoms with Gasteiger partial charge < -0.3 is 14.4 Å². The third kappa shape index (κ3) is 2.71. The Balaban J connectivity index is 2.39. The predicted octanol–water partition coefficient (Wildman–Crippen LogP) is 3.67. The molecule has 0 saturated heterocycles. The van der Waals surface area contributed by atoms with E-state index in [9.17, 15) is 14.0 Å². The summed E-state index contributed by atoms with van der Waals surface area (Å²) in [4.78, 5) is 23.6. The number of fused-ring (bicyclic) bond motifs is 1. The number of hydrogen-bond donors (Lipinski definition) is 1. The molecule has 0 unspecified atom stereocenters.